The minimum atomic E-state index is 0.509. The van der Waals surface area contributed by atoms with Crippen molar-refractivity contribution in [1.29, 1.82) is 0 Å². The van der Waals surface area contributed by atoms with Gasteiger partial charge in [-0.05, 0) is 38.4 Å². The van der Waals surface area contributed by atoms with Crippen molar-refractivity contribution in [2.75, 3.05) is 19.4 Å². The lowest BCUT2D eigenvalue weighted by atomic mass is 9.99. The molecule has 1 saturated carbocycles. The minimum Gasteiger partial charge on any atom is -0.378 e. The zero-order valence-electron chi connectivity index (χ0n) is 12.0. The summed E-state index contributed by atoms with van der Waals surface area (Å²) >= 11 is 2.09. The fraction of sp³-hybridized carbons (Fsp3) is 1.00. The molecular formula is C15H29NOS. The first-order valence-corrected chi connectivity index (χ1v) is 8.90. The third-order valence-corrected chi connectivity index (χ3v) is 6.06. The molecule has 2 atom stereocenters. The van der Waals surface area contributed by atoms with Crippen molar-refractivity contribution in [3.05, 3.63) is 0 Å². The van der Waals surface area contributed by atoms with Crippen LogP contribution in [0.2, 0.25) is 0 Å². The first-order chi connectivity index (χ1) is 8.78. The Morgan fingerprint density at radius 3 is 2.78 bits per heavy atom. The zero-order chi connectivity index (χ0) is 12.8. The highest BCUT2D eigenvalue weighted by Crippen LogP contribution is 2.39. The Morgan fingerprint density at radius 2 is 2.11 bits per heavy atom. The largest absolute Gasteiger partial charge is 0.378 e. The minimum absolute atomic E-state index is 0.509. The molecule has 1 aliphatic heterocycles. The van der Waals surface area contributed by atoms with Crippen LogP contribution in [0.1, 0.15) is 58.3 Å². The Balaban J connectivity index is 1.75. The second kappa shape index (κ2) is 7.16. The van der Waals surface area contributed by atoms with Crippen LogP contribution in [-0.4, -0.2) is 36.3 Å². The van der Waals surface area contributed by atoms with E-state index in [0.29, 0.717) is 16.9 Å². The van der Waals surface area contributed by atoms with E-state index in [0.717, 1.165) is 6.61 Å². The second-order valence-electron chi connectivity index (χ2n) is 5.98. The van der Waals surface area contributed by atoms with E-state index in [4.69, 9.17) is 4.74 Å². The molecule has 2 fully saturated rings. The molecule has 0 amide bonds. The van der Waals surface area contributed by atoms with Gasteiger partial charge >= 0.3 is 0 Å². The summed E-state index contributed by atoms with van der Waals surface area (Å²) in [4.78, 5) is 0. The van der Waals surface area contributed by atoms with E-state index < -0.39 is 0 Å². The lowest BCUT2D eigenvalue weighted by molar-refractivity contribution is -0.00342. The van der Waals surface area contributed by atoms with Crippen LogP contribution in [0.4, 0.5) is 0 Å². The van der Waals surface area contributed by atoms with Crippen molar-refractivity contribution in [1.82, 2.24) is 5.32 Å². The highest BCUT2D eigenvalue weighted by atomic mass is 32.2. The molecule has 0 aromatic carbocycles. The van der Waals surface area contributed by atoms with Gasteiger partial charge in [0.2, 0.25) is 0 Å². The summed E-state index contributed by atoms with van der Waals surface area (Å²) in [6.07, 6.45) is 13.3. The third kappa shape index (κ3) is 3.88. The first kappa shape index (κ1) is 14.7. The van der Waals surface area contributed by atoms with Gasteiger partial charge in [0.1, 0.15) is 0 Å². The number of hydrogen-bond acceptors (Lipinski definition) is 3. The monoisotopic (exact) mass is 271 g/mol. The molecule has 0 radical (unpaired) electrons. The smallest absolute Gasteiger partial charge is 0.0589 e. The van der Waals surface area contributed by atoms with Gasteiger partial charge in [0.15, 0.2) is 0 Å². The molecule has 1 N–H and O–H groups in total. The average molecular weight is 271 g/mol. The van der Waals surface area contributed by atoms with Crippen LogP contribution in [0.25, 0.3) is 0 Å². The highest BCUT2D eigenvalue weighted by molar-refractivity contribution is 8.00. The van der Waals surface area contributed by atoms with Gasteiger partial charge in [-0.3, -0.25) is 0 Å². The third-order valence-electron chi connectivity index (χ3n) is 4.64. The van der Waals surface area contributed by atoms with Crippen molar-refractivity contribution >= 4 is 11.8 Å². The quantitative estimate of drug-likeness (QED) is 0.797. The maximum atomic E-state index is 5.83. The van der Waals surface area contributed by atoms with E-state index in [1.54, 1.807) is 0 Å². The van der Waals surface area contributed by atoms with Crippen molar-refractivity contribution in [2.45, 2.75) is 75.2 Å². The number of thioether (sulfide) groups is 1. The molecule has 1 heterocycles. The van der Waals surface area contributed by atoms with Crippen LogP contribution < -0.4 is 5.32 Å². The summed E-state index contributed by atoms with van der Waals surface area (Å²) in [5.41, 5.74) is 0. The van der Waals surface area contributed by atoms with E-state index in [1.807, 2.05) is 0 Å². The molecular weight excluding hydrogens is 242 g/mol. The molecule has 18 heavy (non-hydrogen) atoms. The van der Waals surface area contributed by atoms with E-state index in [9.17, 15) is 0 Å². The lowest BCUT2D eigenvalue weighted by Gasteiger charge is -2.34. The fourth-order valence-electron chi connectivity index (χ4n) is 3.39. The Hall–Kier alpha value is 0.270. The van der Waals surface area contributed by atoms with Gasteiger partial charge in [0, 0.05) is 23.9 Å². The summed E-state index contributed by atoms with van der Waals surface area (Å²) in [7, 11) is 0. The molecule has 2 unspecified atom stereocenters. The molecule has 1 saturated heterocycles. The second-order valence-corrected chi connectivity index (χ2v) is 7.25. The van der Waals surface area contributed by atoms with Gasteiger partial charge in [0.05, 0.1) is 6.10 Å². The lowest BCUT2D eigenvalue weighted by Crippen LogP contribution is -2.45. The number of ether oxygens (including phenoxy) is 1. The SMILES string of the molecule is CCCC1CC(NCC2(SC)CCCC2)CCO1. The summed E-state index contributed by atoms with van der Waals surface area (Å²) in [5, 5.41) is 3.84. The van der Waals surface area contributed by atoms with E-state index >= 15 is 0 Å². The molecule has 2 rings (SSSR count). The zero-order valence-corrected chi connectivity index (χ0v) is 12.9. The topological polar surface area (TPSA) is 21.3 Å². The Kier molecular flexibility index (Phi) is 5.84. The molecule has 0 bridgehead atoms. The summed E-state index contributed by atoms with van der Waals surface area (Å²) in [5.74, 6) is 0. The first-order valence-electron chi connectivity index (χ1n) is 7.68. The van der Waals surface area contributed by atoms with Gasteiger partial charge in [-0.1, -0.05) is 26.2 Å². The molecule has 1 aliphatic carbocycles. The predicted octanol–water partition coefficient (Wildman–Crippen LogP) is 3.60. The maximum absolute atomic E-state index is 5.83. The molecule has 2 aliphatic rings. The summed E-state index contributed by atoms with van der Waals surface area (Å²) < 4.78 is 6.37. The standard InChI is InChI=1S/C15H29NOS/c1-3-6-14-11-13(7-10-17-14)16-12-15(18-2)8-4-5-9-15/h13-14,16H,3-12H2,1-2H3. The molecule has 3 heteroatoms. The van der Waals surface area contributed by atoms with Crippen molar-refractivity contribution in [3.8, 4) is 0 Å². The van der Waals surface area contributed by atoms with Crippen LogP contribution in [0.3, 0.4) is 0 Å². The van der Waals surface area contributed by atoms with E-state index in [1.165, 1.54) is 57.9 Å². The summed E-state index contributed by atoms with van der Waals surface area (Å²) in [6.45, 7) is 4.41. The molecule has 0 spiro atoms. The van der Waals surface area contributed by atoms with Crippen LogP contribution >= 0.6 is 11.8 Å². The van der Waals surface area contributed by atoms with Gasteiger partial charge < -0.3 is 10.1 Å². The van der Waals surface area contributed by atoms with Crippen LogP contribution in [-0.2, 0) is 4.74 Å². The molecule has 2 nitrogen and oxygen atoms in total. The van der Waals surface area contributed by atoms with Gasteiger partial charge in [-0.2, -0.15) is 11.8 Å². The highest BCUT2D eigenvalue weighted by Gasteiger charge is 2.33. The fourth-order valence-corrected chi connectivity index (χ4v) is 4.32. The average Bonchev–Trinajstić information content (AvgIpc) is 2.87. The normalized spacial score (nSPS) is 31.7. The Morgan fingerprint density at radius 1 is 1.33 bits per heavy atom. The van der Waals surface area contributed by atoms with Gasteiger partial charge in [-0.25, -0.2) is 0 Å². The van der Waals surface area contributed by atoms with E-state index in [2.05, 4.69) is 30.3 Å². The van der Waals surface area contributed by atoms with Crippen molar-refractivity contribution < 1.29 is 4.74 Å². The van der Waals surface area contributed by atoms with Crippen molar-refractivity contribution in [3.63, 3.8) is 0 Å². The maximum Gasteiger partial charge on any atom is 0.0589 e. The van der Waals surface area contributed by atoms with Crippen LogP contribution in [0.5, 0.6) is 0 Å². The molecule has 0 aromatic heterocycles. The Bertz CT molecular complexity index is 239. The van der Waals surface area contributed by atoms with Gasteiger partial charge in [0.25, 0.3) is 0 Å². The van der Waals surface area contributed by atoms with Gasteiger partial charge in [-0.15, -0.1) is 0 Å². The molecule has 0 aromatic rings. The van der Waals surface area contributed by atoms with Crippen LogP contribution in [0.15, 0.2) is 0 Å². The van der Waals surface area contributed by atoms with Crippen LogP contribution in [0, 0.1) is 0 Å². The molecule has 106 valence electrons. The summed E-state index contributed by atoms with van der Waals surface area (Å²) in [6, 6.07) is 0.694. The number of rotatable bonds is 6. The Labute approximate surface area is 117 Å². The van der Waals surface area contributed by atoms with Crippen molar-refractivity contribution in [2.24, 2.45) is 0 Å². The predicted molar refractivity (Wildman–Crippen MR) is 80.4 cm³/mol. The number of nitrogens with one attached hydrogen (secondary N) is 1. The van der Waals surface area contributed by atoms with E-state index in [-0.39, 0.29) is 0 Å². The number of hydrogen-bond donors (Lipinski definition) is 1.